The summed E-state index contributed by atoms with van der Waals surface area (Å²) < 4.78 is 1.82. The lowest BCUT2D eigenvalue weighted by molar-refractivity contribution is -0.110. The van der Waals surface area contributed by atoms with E-state index < -0.39 is 11.6 Å². The molecule has 0 saturated carbocycles. The van der Waals surface area contributed by atoms with Gasteiger partial charge in [-0.25, -0.2) is 0 Å². The van der Waals surface area contributed by atoms with Crippen LogP contribution in [0.1, 0.15) is 16.1 Å². The number of aromatic nitrogens is 1. The summed E-state index contributed by atoms with van der Waals surface area (Å²) in [7, 11) is 1.84. The highest BCUT2D eigenvalue weighted by molar-refractivity contribution is 6.49. The Bertz CT molecular complexity index is 399. The minimum atomic E-state index is -0.436. The lowest BCUT2D eigenvalue weighted by Gasteiger charge is -2.04. The summed E-state index contributed by atoms with van der Waals surface area (Å²) in [4.78, 5) is 22.1. The second-order valence-electron chi connectivity index (χ2n) is 2.75. The molecule has 60 valence electrons. The number of carbonyl (C=O) groups excluding carboxylic acids is 2. The molecule has 0 spiro atoms. The summed E-state index contributed by atoms with van der Waals surface area (Å²) in [6.45, 7) is 0. The van der Waals surface area contributed by atoms with Gasteiger partial charge in [-0.05, 0) is 18.2 Å². The fraction of sp³-hybridized carbons (Fsp3) is 0.111. The van der Waals surface area contributed by atoms with Crippen LogP contribution < -0.4 is 0 Å². The number of carbonyl (C=O) groups is 2. The molecule has 1 aromatic heterocycles. The van der Waals surface area contributed by atoms with Gasteiger partial charge in [0.15, 0.2) is 0 Å². The Balaban J connectivity index is 2.68. The zero-order chi connectivity index (χ0) is 8.72. The van der Waals surface area contributed by atoms with Crippen molar-refractivity contribution in [2.45, 2.75) is 0 Å². The number of nitrogens with zero attached hydrogens (tertiary/aromatic N) is 1. The van der Waals surface area contributed by atoms with Gasteiger partial charge in [0, 0.05) is 13.2 Å². The molecule has 0 bridgehead atoms. The Morgan fingerprint density at radius 1 is 1.25 bits per heavy atom. The average Bonchev–Trinajstić information content (AvgIpc) is 2.41. The van der Waals surface area contributed by atoms with E-state index in [9.17, 15) is 9.59 Å². The second kappa shape index (κ2) is 2.17. The van der Waals surface area contributed by atoms with Gasteiger partial charge >= 0.3 is 0 Å². The smallest absolute Gasteiger partial charge is 0.235 e. The Kier molecular flexibility index (Phi) is 1.27. The molecule has 0 aromatic carbocycles. The topological polar surface area (TPSA) is 39.1 Å². The first kappa shape index (κ1) is 7.03. The Hall–Kier alpha value is -1.64. The van der Waals surface area contributed by atoms with E-state index in [4.69, 9.17) is 0 Å². The minimum absolute atomic E-state index is 0.409. The molecule has 1 aromatic rings. The van der Waals surface area contributed by atoms with Gasteiger partial charge < -0.3 is 4.57 Å². The highest BCUT2D eigenvalue weighted by Crippen LogP contribution is 2.17. The van der Waals surface area contributed by atoms with E-state index in [-0.39, 0.29) is 0 Å². The van der Waals surface area contributed by atoms with Crippen molar-refractivity contribution in [3.63, 3.8) is 0 Å². The molecule has 1 aliphatic rings. The van der Waals surface area contributed by atoms with Crippen LogP contribution in [0.4, 0.5) is 0 Å². The van der Waals surface area contributed by atoms with Gasteiger partial charge in [-0.3, -0.25) is 9.59 Å². The summed E-state index contributed by atoms with van der Waals surface area (Å²) in [5.41, 5.74) is 1.31. The first-order valence-electron chi connectivity index (χ1n) is 3.62. The molecular formula is C9H7NO2. The first-order chi connectivity index (χ1) is 5.70. The molecule has 0 radical (unpaired) electrons. The lowest BCUT2D eigenvalue weighted by Crippen LogP contribution is -2.15. The van der Waals surface area contributed by atoms with Crippen LogP contribution in [0, 0.1) is 0 Å². The third kappa shape index (κ3) is 0.763. The summed E-state index contributed by atoms with van der Waals surface area (Å²) in [6.07, 6.45) is 4.75. The second-order valence-corrected chi connectivity index (χ2v) is 2.75. The van der Waals surface area contributed by atoms with Gasteiger partial charge in [-0.1, -0.05) is 0 Å². The molecule has 0 amide bonds. The summed E-state index contributed by atoms with van der Waals surface area (Å²) in [5.74, 6) is -0.846. The van der Waals surface area contributed by atoms with Crippen molar-refractivity contribution in [3.8, 4) is 0 Å². The zero-order valence-corrected chi connectivity index (χ0v) is 6.57. The highest BCUT2D eigenvalue weighted by atomic mass is 16.2. The maximum Gasteiger partial charge on any atom is 0.235 e. The van der Waals surface area contributed by atoms with E-state index in [1.54, 1.807) is 18.3 Å². The molecule has 3 nitrogen and oxygen atoms in total. The van der Waals surface area contributed by atoms with Crippen molar-refractivity contribution in [3.05, 3.63) is 29.6 Å². The number of fused-ring (bicyclic) bond motifs is 1. The van der Waals surface area contributed by atoms with Crippen LogP contribution in [0.3, 0.4) is 0 Å². The van der Waals surface area contributed by atoms with Crippen molar-refractivity contribution in [2.75, 3.05) is 0 Å². The van der Waals surface area contributed by atoms with Crippen LogP contribution in [-0.2, 0) is 11.8 Å². The van der Waals surface area contributed by atoms with E-state index in [2.05, 4.69) is 0 Å². The molecule has 0 saturated heterocycles. The lowest BCUT2D eigenvalue weighted by atomic mass is 10.0. The number of ketones is 2. The maximum absolute atomic E-state index is 11.2. The van der Waals surface area contributed by atoms with Crippen LogP contribution in [0.2, 0.25) is 0 Å². The molecule has 12 heavy (non-hydrogen) atoms. The molecule has 1 heterocycles. The molecule has 0 fully saturated rings. The Labute approximate surface area is 69.3 Å². The van der Waals surface area contributed by atoms with Crippen molar-refractivity contribution in [1.29, 1.82) is 0 Å². The minimum Gasteiger partial charge on any atom is -0.350 e. The van der Waals surface area contributed by atoms with Crippen molar-refractivity contribution < 1.29 is 9.59 Å². The monoisotopic (exact) mass is 161 g/mol. The van der Waals surface area contributed by atoms with Gasteiger partial charge in [0.1, 0.15) is 0 Å². The molecule has 3 heteroatoms. The van der Waals surface area contributed by atoms with Crippen LogP contribution in [-0.4, -0.2) is 16.1 Å². The van der Waals surface area contributed by atoms with Gasteiger partial charge in [0.05, 0.1) is 11.3 Å². The van der Waals surface area contributed by atoms with Crippen LogP contribution in [0.5, 0.6) is 0 Å². The molecule has 2 rings (SSSR count). The number of rotatable bonds is 0. The number of hydrogen-bond acceptors (Lipinski definition) is 2. The third-order valence-electron chi connectivity index (χ3n) is 1.98. The quantitative estimate of drug-likeness (QED) is 0.528. The average molecular weight is 161 g/mol. The van der Waals surface area contributed by atoms with E-state index in [0.29, 0.717) is 5.56 Å². The summed E-state index contributed by atoms with van der Waals surface area (Å²) in [5, 5.41) is 0. The molecule has 0 N–H and O–H groups in total. The van der Waals surface area contributed by atoms with Crippen LogP contribution >= 0.6 is 0 Å². The summed E-state index contributed by atoms with van der Waals surface area (Å²) >= 11 is 0. The van der Waals surface area contributed by atoms with Crippen molar-refractivity contribution >= 4 is 17.6 Å². The number of Topliss-reactive ketones (excluding diaryl/α,β-unsaturated/α-hetero) is 1. The largest absolute Gasteiger partial charge is 0.350 e. The standard InChI is InChI=1S/C9H7NO2/c1-10-5-4-6-7(10)2-3-8(11)9(6)12/h2-5H,1H3. The van der Waals surface area contributed by atoms with Crippen molar-refractivity contribution in [1.82, 2.24) is 4.57 Å². The zero-order valence-electron chi connectivity index (χ0n) is 6.57. The predicted octanol–water partition coefficient (Wildman–Crippen LogP) is 0.804. The van der Waals surface area contributed by atoms with E-state index in [0.717, 1.165) is 5.69 Å². The van der Waals surface area contributed by atoms with Crippen LogP contribution in [0.15, 0.2) is 18.3 Å². The normalized spacial score (nSPS) is 15.1. The van der Waals surface area contributed by atoms with E-state index in [1.807, 2.05) is 11.6 Å². The number of aryl methyl sites for hydroxylation is 1. The fourth-order valence-electron chi connectivity index (χ4n) is 1.30. The number of hydrogen-bond donors (Lipinski definition) is 0. The van der Waals surface area contributed by atoms with Gasteiger partial charge in [-0.2, -0.15) is 0 Å². The van der Waals surface area contributed by atoms with Crippen molar-refractivity contribution in [2.24, 2.45) is 7.05 Å². The fourth-order valence-corrected chi connectivity index (χ4v) is 1.30. The maximum atomic E-state index is 11.2. The first-order valence-corrected chi connectivity index (χ1v) is 3.62. The van der Waals surface area contributed by atoms with E-state index in [1.165, 1.54) is 6.08 Å². The Morgan fingerprint density at radius 3 is 2.75 bits per heavy atom. The molecule has 0 unspecified atom stereocenters. The molecule has 0 atom stereocenters. The third-order valence-corrected chi connectivity index (χ3v) is 1.98. The molecule has 0 aliphatic heterocycles. The van der Waals surface area contributed by atoms with Gasteiger partial charge in [-0.15, -0.1) is 0 Å². The Morgan fingerprint density at radius 2 is 2.00 bits per heavy atom. The molecule has 1 aliphatic carbocycles. The summed E-state index contributed by atoms with van der Waals surface area (Å²) in [6, 6.07) is 1.67. The SMILES string of the molecule is Cn1ccc2c1C=CC(=O)C2=O. The number of allylic oxidation sites excluding steroid dienone is 1. The van der Waals surface area contributed by atoms with E-state index >= 15 is 0 Å². The predicted molar refractivity (Wildman–Crippen MR) is 43.8 cm³/mol. The molecular weight excluding hydrogens is 154 g/mol. The van der Waals surface area contributed by atoms with Crippen LogP contribution in [0.25, 0.3) is 6.08 Å². The highest BCUT2D eigenvalue weighted by Gasteiger charge is 2.22. The van der Waals surface area contributed by atoms with Gasteiger partial charge in [0.25, 0.3) is 0 Å². The van der Waals surface area contributed by atoms with Gasteiger partial charge in [0.2, 0.25) is 11.6 Å².